The fraction of sp³-hybridized carbons (Fsp3) is 0.125. The van der Waals surface area contributed by atoms with E-state index in [0.29, 0.717) is 11.4 Å². The summed E-state index contributed by atoms with van der Waals surface area (Å²) in [4.78, 5) is 0. The molecular formula is C8H7N4O. The van der Waals surface area contributed by atoms with Gasteiger partial charge < -0.3 is 0 Å². The number of hydrogen-bond acceptors (Lipinski definition) is 3. The number of rotatable bonds is 2. The molecule has 1 N–H and O–H groups in total. The van der Waals surface area contributed by atoms with E-state index in [-0.39, 0.29) is 6.61 Å². The standard InChI is InChI=1S/C8H7N4O/c13-5-6-3-1-2-4-7(6)8-9-11-12-10-8/h1-4H,5H2,(H,9,10,11,12). The minimum absolute atomic E-state index is 0.267. The summed E-state index contributed by atoms with van der Waals surface area (Å²) in [5, 5.41) is 24.0. The Morgan fingerprint density at radius 2 is 2.15 bits per heavy atom. The summed E-state index contributed by atoms with van der Waals surface area (Å²) in [6, 6.07) is 7.25. The van der Waals surface area contributed by atoms with E-state index in [9.17, 15) is 5.11 Å². The maximum Gasteiger partial charge on any atom is 0.179 e. The molecule has 0 saturated carbocycles. The van der Waals surface area contributed by atoms with Gasteiger partial charge in [0.1, 0.15) is 6.61 Å². The van der Waals surface area contributed by atoms with Crippen LogP contribution in [0.15, 0.2) is 24.3 Å². The van der Waals surface area contributed by atoms with Crippen LogP contribution >= 0.6 is 0 Å². The molecule has 0 amide bonds. The van der Waals surface area contributed by atoms with E-state index < -0.39 is 0 Å². The highest BCUT2D eigenvalue weighted by molar-refractivity contribution is 5.58. The molecule has 0 fully saturated rings. The van der Waals surface area contributed by atoms with Crippen LogP contribution in [-0.4, -0.2) is 20.6 Å². The van der Waals surface area contributed by atoms with Gasteiger partial charge in [0, 0.05) is 5.56 Å². The Labute approximate surface area is 74.4 Å². The van der Waals surface area contributed by atoms with Crippen LogP contribution in [0.1, 0.15) is 5.56 Å². The quantitative estimate of drug-likeness (QED) is 0.733. The molecule has 0 aliphatic heterocycles. The molecular weight excluding hydrogens is 168 g/mol. The van der Waals surface area contributed by atoms with Gasteiger partial charge in [-0.25, -0.2) is 10.2 Å². The van der Waals surface area contributed by atoms with Crippen LogP contribution in [0.2, 0.25) is 0 Å². The molecule has 0 spiro atoms. The van der Waals surface area contributed by atoms with E-state index in [4.69, 9.17) is 0 Å². The second kappa shape index (κ2) is 3.32. The Morgan fingerprint density at radius 1 is 1.31 bits per heavy atom. The van der Waals surface area contributed by atoms with Gasteiger partial charge in [0.2, 0.25) is 0 Å². The van der Waals surface area contributed by atoms with Crippen molar-refractivity contribution in [2.75, 3.05) is 0 Å². The van der Waals surface area contributed by atoms with Crippen LogP contribution in [0.4, 0.5) is 0 Å². The van der Waals surface area contributed by atoms with Crippen molar-refractivity contribution in [3.63, 3.8) is 0 Å². The molecule has 2 rings (SSSR count). The lowest BCUT2D eigenvalue weighted by Gasteiger charge is -2.00. The van der Waals surface area contributed by atoms with E-state index in [2.05, 4.69) is 20.6 Å². The monoisotopic (exact) mass is 175 g/mol. The Morgan fingerprint density at radius 3 is 2.85 bits per heavy atom. The van der Waals surface area contributed by atoms with Gasteiger partial charge in [0.25, 0.3) is 0 Å². The highest BCUT2D eigenvalue weighted by atomic mass is 16.3. The number of aromatic nitrogens is 4. The molecule has 0 atom stereocenters. The highest BCUT2D eigenvalue weighted by Crippen LogP contribution is 2.18. The van der Waals surface area contributed by atoms with Crippen LogP contribution < -0.4 is 0 Å². The van der Waals surface area contributed by atoms with Crippen molar-refractivity contribution < 1.29 is 5.11 Å². The predicted octanol–water partition coefficient (Wildman–Crippen LogP) is 0.797. The summed E-state index contributed by atoms with van der Waals surface area (Å²) in [7, 11) is 0. The second-order valence-electron chi connectivity index (χ2n) is 2.55. The maximum atomic E-state index is 10.8. The van der Waals surface area contributed by atoms with Crippen LogP contribution in [0.25, 0.3) is 11.4 Å². The first-order chi connectivity index (χ1) is 6.42. The van der Waals surface area contributed by atoms with E-state index in [0.717, 1.165) is 5.56 Å². The van der Waals surface area contributed by atoms with Gasteiger partial charge in [-0.05, 0) is 16.0 Å². The largest absolute Gasteiger partial charge is 0.239 e. The molecule has 2 aromatic rings. The molecule has 1 aromatic heterocycles. The summed E-state index contributed by atoms with van der Waals surface area (Å²) >= 11 is 0. The van der Waals surface area contributed by atoms with Gasteiger partial charge in [-0.3, -0.25) is 0 Å². The average molecular weight is 175 g/mol. The van der Waals surface area contributed by atoms with Crippen LogP contribution in [0.5, 0.6) is 0 Å². The first-order valence-electron chi connectivity index (χ1n) is 3.82. The Balaban J connectivity index is 2.51. The second-order valence-corrected chi connectivity index (χ2v) is 2.55. The molecule has 0 saturated heterocycles. The molecule has 0 unspecified atom stereocenters. The van der Waals surface area contributed by atoms with Crippen molar-refractivity contribution in [3.8, 4) is 11.4 Å². The number of benzene rings is 1. The molecule has 13 heavy (non-hydrogen) atoms. The van der Waals surface area contributed by atoms with E-state index in [1.165, 1.54) is 0 Å². The Bertz CT molecular complexity index is 385. The summed E-state index contributed by atoms with van der Waals surface area (Å²) in [6.07, 6.45) is 0. The summed E-state index contributed by atoms with van der Waals surface area (Å²) in [5.74, 6) is 0.534. The van der Waals surface area contributed by atoms with Crippen molar-refractivity contribution in [1.82, 2.24) is 20.6 Å². The Kier molecular flexibility index (Phi) is 2.01. The molecule has 1 heterocycles. The molecule has 65 valence electrons. The zero-order chi connectivity index (χ0) is 9.10. The van der Waals surface area contributed by atoms with Crippen molar-refractivity contribution in [3.05, 3.63) is 29.8 Å². The van der Waals surface area contributed by atoms with E-state index >= 15 is 0 Å². The van der Waals surface area contributed by atoms with Gasteiger partial charge in [-0.2, -0.15) is 0 Å². The first-order valence-corrected chi connectivity index (χ1v) is 3.82. The van der Waals surface area contributed by atoms with E-state index in [1.807, 2.05) is 18.2 Å². The third-order valence-corrected chi connectivity index (χ3v) is 1.77. The number of aromatic amines is 1. The third-order valence-electron chi connectivity index (χ3n) is 1.77. The van der Waals surface area contributed by atoms with Crippen molar-refractivity contribution >= 4 is 0 Å². The minimum atomic E-state index is -0.267. The molecule has 1 radical (unpaired) electrons. The van der Waals surface area contributed by atoms with Gasteiger partial charge in [-0.1, -0.05) is 24.3 Å². The molecule has 0 bridgehead atoms. The summed E-state index contributed by atoms with van der Waals surface area (Å²) in [5.41, 5.74) is 1.46. The minimum Gasteiger partial charge on any atom is -0.239 e. The first kappa shape index (κ1) is 7.88. The highest BCUT2D eigenvalue weighted by Gasteiger charge is 2.06. The van der Waals surface area contributed by atoms with Gasteiger partial charge in [0.05, 0.1) is 0 Å². The number of H-pyrrole nitrogens is 1. The van der Waals surface area contributed by atoms with Crippen molar-refractivity contribution in [2.45, 2.75) is 6.61 Å². The van der Waals surface area contributed by atoms with Crippen LogP contribution in [0, 0.1) is 0 Å². The van der Waals surface area contributed by atoms with Crippen molar-refractivity contribution in [2.24, 2.45) is 0 Å². The zero-order valence-corrected chi connectivity index (χ0v) is 6.77. The summed E-state index contributed by atoms with van der Waals surface area (Å²) in [6.45, 7) is -0.267. The molecule has 5 nitrogen and oxygen atoms in total. The molecule has 0 aliphatic rings. The third kappa shape index (κ3) is 1.41. The number of nitrogens with one attached hydrogen (secondary N) is 1. The van der Waals surface area contributed by atoms with E-state index in [1.54, 1.807) is 6.07 Å². The number of nitrogens with zero attached hydrogens (tertiary/aromatic N) is 3. The molecule has 5 heteroatoms. The van der Waals surface area contributed by atoms with Gasteiger partial charge in [-0.15, -0.1) is 5.10 Å². The lowest BCUT2D eigenvalue weighted by molar-refractivity contribution is 0.178. The smallest absolute Gasteiger partial charge is 0.179 e. The lowest BCUT2D eigenvalue weighted by atomic mass is 10.1. The van der Waals surface area contributed by atoms with Crippen LogP contribution in [0.3, 0.4) is 0 Å². The normalized spacial score (nSPS) is 10.2. The van der Waals surface area contributed by atoms with Gasteiger partial charge in [0.15, 0.2) is 5.82 Å². The fourth-order valence-corrected chi connectivity index (χ4v) is 1.15. The molecule has 0 aliphatic carbocycles. The average Bonchev–Trinajstić information content (AvgIpc) is 2.70. The number of tetrazole rings is 1. The SMILES string of the molecule is [O]Cc1ccccc1-c1nnn[nH]1. The maximum absolute atomic E-state index is 10.8. The zero-order valence-electron chi connectivity index (χ0n) is 6.77. The van der Waals surface area contributed by atoms with Crippen molar-refractivity contribution in [1.29, 1.82) is 0 Å². The summed E-state index contributed by atoms with van der Waals surface area (Å²) < 4.78 is 0. The lowest BCUT2D eigenvalue weighted by Crippen LogP contribution is -1.89. The molecule has 1 aromatic carbocycles. The van der Waals surface area contributed by atoms with Gasteiger partial charge >= 0.3 is 0 Å². The predicted molar refractivity (Wildman–Crippen MR) is 44.0 cm³/mol. The fourth-order valence-electron chi connectivity index (χ4n) is 1.15. The topological polar surface area (TPSA) is 74.4 Å². The van der Waals surface area contributed by atoms with Crippen LogP contribution in [-0.2, 0) is 11.7 Å². The number of hydrogen-bond donors (Lipinski definition) is 1. The Hall–Kier alpha value is -1.75.